The Kier molecular flexibility index (Phi) is 4.36. The van der Waals surface area contributed by atoms with Gasteiger partial charge in [0.2, 0.25) is 5.91 Å². The quantitative estimate of drug-likeness (QED) is 0.725. The van der Waals surface area contributed by atoms with Crippen molar-refractivity contribution in [2.75, 3.05) is 46.4 Å². The first-order chi connectivity index (χ1) is 8.22. The third-order valence-corrected chi connectivity index (χ3v) is 3.85. The summed E-state index contributed by atoms with van der Waals surface area (Å²) in [5, 5.41) is 3.31. The number of rotatable bonds is 3. The van der Waals surface area contributed by atoms with Crippen LogP contribution < -0.4 is 5.32 Å². The van der Waals surface area contributed by atoms with Crippen LogP contribution in [0.15, 0.2) is 0 Å². The van der Waals surface area contributed by atoms with Crippen LogP contribution in [-0.2, 0) is 9.53 Å². The molecule has 2 fully saturated rings. The Morgan fingerprint density at radius 1 is 1.35 bits per heavy atom. The number of amides is 1. The first-order valence-corrected chi connectivity index (χ1v) is 6.48. The van der Waals surface area contributed by atoms with Gasteiger partial charge in [-0.15, -0.1) is 0 Å². The van der Waals surface area contributed by atoms with E-state index in [0.29, 0.717) is 0 Å². The van der Waals surface area contributed by atoms with Gasteiger partial charge in [0.1, 0.15) is 0 Å². The molecule has 0 spiro atoms. The number of nitrogens with zero attached hydrogens (tertiary/aromatic N) is 2. The van der Waals surface area contributed by atoms with Crippen LogP contribution in [0.2, 0.25) is 0 Å². The highest BCUT2D eigenvalue weighted by molar-refractivity contribution is 5.81. The molecule has 1 amide bonds. The second kappa shape index (κ2) is 5.80. The van der Waals surface area contributed by atoms with Gasteiger partial charge in [-0.2, -0.15) is 0 Å². The van der Waals surface area contributed by atoms with Crippen molar-refractivity contribution in [3.05, 3.63) is 0 Å². The number of methoxy groups -OCH3 is 1. The molecule has 98 valence electrons. The molecule has 5 heteroatoms. The van der Waals surface area contributed by atoms with Crippen molar-refractivity contribution in [2.24, 2.45) is 0 Å². The SMILES string of the molecule is COC1CCN(C(=O)C(C)N2CCNCC2)C1. The maximum atomic E-state index is 12.3. The zero-order valence-electron chi connectivity index (χ0n) is 10.8. The summed E-state index contributed by atoms with van der Waals surface area (Å²) >= 11 is 0. The summed E-state index contributed by atoms with van der Waals surface area (Å²) in [6.45, 7) is 7.52. The molecule has 0 aromatic carbocycles. The molecule has 2 saturated heterocycles. The van der Waals surface area contributed by atoms with Gasteiger partial charge in [-0.25, -0.2) is 0 Å². The van der Waals surface area contributed by atoms with E-state index in [1.54, 1.807) is 7.11 Å². The zero-order chi connectivity index (χ0) is 12.3. The van der Waals surface area contributed by atoms with Gasteiger partial charge in [-0.05, 0) is 13.3 Å². The fourth-order valence-electron chi connectivity index (χ4n) is 2.61. The lowest BCUT2D eigenvalue weighted by molar-refractivity contribution is -0.136. The van der Waals surface area contributed by atoms with E-state index < -0.39 is 0 Å². The lowest BCUT2D eigenvalue weighted by atomic mass is 10.2. The lowest BCUT2D eigenvalue weighted by Crippen LogP contribution is -2.53. The third kappa shape index (κ3) is 2.97. The van der Waals surface area contributed by atoms with Gasteiger partial charge >= 0.3 is 0 Å². The van der Waals surface area contributed by atoms with E-state index in [4.69, 9.17) is 4.74 Å². The molecule has 1 N–H and O–H groups in total. The van der Waals surface area contributed by atoms with Crippen molar-refractivity contribution in [3.63, 3.8) is 0 Å². The molecular weight excluding hydrogens is 218 g/mol. The Bertz CT molecular complexity index is 266. The second-order valence-electron chi connectivity index (χ2n) is 4.89. The molecule has 2 aliphatic heterocycles. The Morgan fingerprint density at radius 2 is 2.06 bits per heavy atom. The topological polar surface area (TPSA) is 44.8 Å². The van der Waals surface area contributed by atoms with E-state index in [9.17, 15) is 4.79 Å². The van der Waals surface area contributed by atoms with Crippen LogP contribution >= 0.6 is 0 Å². The van der Waals surface area contributed by atoms with Crippen molar-refractivity contribution in [1.29, 1.82) is 0 Å². The van der Waals surface area contributed by atoms with E-state index in [-0.39, 0.29) is 18.1 Å². The summed E-state index contributed by atoms with van der Waals surface area (Å²) in [6, 6.07) is 0.00714. The largest absolute Gasteiger partial charge is 0.380 e. The zero-order valence-corrected chi connectivity index (χ0v) is 10.8. The first-order valence-electron chi connectivity index (χ1n) is 6.48. The minimum atomic E-state index is 0.00714. The number of likely N-dealkylation sites (tertiary alicyclic amines) is 1. The highest BCUT2D eigenvalue weighted by Crippen LogP contribution is 2.15. The van der Waals surface area contributed by atoms with Gasteiger partial charge in [-0.3, -0.25) is 9.69 Å². The second-order valence-corrected chi connectivity index (χ2v) is 4.89. The summed E-state index contributed by atoms with van der Waals surface area (Å²) in [7, 11) is 1.72. The number of nitrogens with one attached hydrogen (secondary N) is 1. The molecular formula is C12H23N3O2. The smallest absolute Gasteiger partial charge is 0.239 e. The fraction of sp³-hybridized carbons (Fsp3) is 0.917. The summed E-state index contributed by atoms with van der Waals surface area (Å²) < 4.78 is 5.30. The van der Waals surface area contributed by atoms with Crippen molar-refractivity contribution in [2.45, 2.75) is 25.5 Å². The number of ether oxygens (including phenoxy) is 1. The molecule has 2 atom stereocenters. The number of carbonyl (C=O) groups is 1. The van der Waals surface area contributed by atoms with Gasteiger partial charge in [0.15, 0.2) is 0 Å². The minimum absolute atomic E-state index is 0.00714. The molecule has 2 aliphatic rings. The number of carbonyl (C=O) groups excluding carboxylic acids is 1. The average Bonchev–Trinajstić information content (AvgIpc) is 2.87. The molecule has 2 heterocycles. The Hall–Kier alpha value is -0.650. The van der Waals surface area contributed by atoms with E-state index in [1.807, 2.05) is 11.8 Å². The number of hydrogen-bond acceptors (Lipinski definition) is 4. The highest BCUT2D eigenvalue weighted by atomic mass is 16.5. The lowest BCUT2D eigenvalue weighted by Gasteiger charge is -2.33. The molecule has 0 bridgehead atoms. The predicted molar refractivity (Wildman–Crippen MR) is 65.9 cm³/mol. The average molecular weight is 241 g/mol. The summed E-state index contributed by atoms with van der Waals surface area (Å²) in [4.78, 5) is 16.5. The summed E-state index contributed by atoms with van der Waals surface area (Å²) in [5.41, 5.74) is 0. The van der Waals surface area contributed by atoms with Crippen LogP contribution in [0.5, 0.6) is 0 Å². The molecule has 0 radical (unpaired) electrons. The molecule has 0 saturated carbocycles. The fourth-order valence-corrected chi connectivity index (χ4v) is 2.61. The number of piperazine rings is 1. The minimum Gasteiger partial charge on any atom is -0.380 e. The van der Waals surface area contributed by atoms with Crippen LogP contribution in [0, 0.1) is 0 Å². The molecule has 2 unspecified atom stereocenters. The van der Waals surface area contributed by atoms with Crippen LogP contribution in [0.1, 0.15) is 13.3 Å². The van der Waals surface area contributed by atoms with Crippen LogP contribution in [-0.4, -0.2) is 74.2 Å². The molecule has 0 aliphatic carbocycles. The Labute approximate surface area is 103 Å². The normalized spacial score (nSPS) is 28.4. The Balaban J connectivity index is 1.86. The molecule has 0 aromatic rings. The van der Waals surface area contributed by atoms with Crippen LogP contribution in [0.25, 0.3) is 0 Å². The summed E-state index contributed by atoms with van der Waals surface area (Å²) in [6.07, 6.45) is 1.20. The van der Waals surface area contributed by atoms with Crippen molar-refractivity contribution >= 4 is 5.91 Å². The molecule has 2 rings (SSSR count). The van der Waals surface area contributed by atoms with E-state index in [1.165, 1.54) is 0 Å². The van der Waals surface area contributed by atoms with Crippen molar-refractivity contribution < 1.29 is 9.53 Å². The van der Waals surface area contributed by atoms with Gasteiger partial charge in [0.05, 0.1) is 12.1 Å². The van der Waals surface area contributed by atoms with Gasteiger partial charge < -0.3 is 15.0 Å². The van der Waals surface area contributed by atoms with Gasteiger partial charge in [0, 0.05) is 46.4 Å². The molecule has 17 heavy (non-hydrogen) atoms. The molecule has 5 nitrogen and oxygen atoms in total. The third-order valence-electron chi connectivity index (χ3n) is 3.85. The first kappa shape index (κ1) is 12.8. The maximum Gasteiger partial charge on any atom is 0.239 e. The van der Waals surface area contributed by atoms with E-state index in [2.05, 4.69) is 10.2 Å². The molecule has 0 aromatic heterocycles. The van der Waals surface area contributed by atoms with E-state index in [0.717, 1.165) is 45.7 Å². The Morgan fingerprint density at radius 3 is 2.65 bits per heavy atom. The highest BCUT2D eigenvalue weighted by Gasteiger charge is 2.31. The monoisotopic (exact) mass is 241 g/mol. The van der Waals surface area contributed by atoms with Crippen molar-refractivity contribution in [1.82, 2.24) is 15.1 Å². The summed E-state index contributed by atoms with van der Waals surface area (Å²) in [5.74, 6) is 0.256. The van der Waals surface area contributed by atoms with Crippen molar-refractivity contribution in [3.8, 4) is 0 Å². The predicted octanol–water partition coefficient (Wildman–Crippen LogP) is -0.473. The van der Waals surface area contributed by atoms with Gasteiger partial charge in [0.25, 0.3) is 0 Å². The van der Waals surface area contributed by atoms with Crippen LogP contribution in [0.4, 0.5) is 0 Å². The number of hydrogen-bond donors (Lipinski definition) is 1. The standard InChI is InChI=1S/C12H23N3O2/c1-10(14-7-4-13-5-8-14)12(16)15-6-3-11(9-15)17-2/h10-11,13H,3-9H2,1-2H3. The van der Waals surface area contributed by atoms with Crippen LogP contribution in [0.3, 0.4) is 0 Å². The van der Waals surface area contributed by atoms with Gasteiger partial charge in [-0.1, -0.05) is 0 Å². The van der Waals surface area contributed by atoms with E-state index >= 15 is 0 Å². The maximum absolute atomic E-state index is 12.3.